The highest BCUT2D eigenvalue weighted by atomic mass is 19.2. The van der Waals surface area contributed by atoms with Gasteiger partial charge in [-0.25, -0.2) is 123 Å². The van der Waals surface area contributed by atoms with Crippen LogP contribution in [0.25, 0.3) is 43.1 Å². The van der Waals surface area contributed by atoms with E-state index in [-0.39, 0.29) is 0 Å². The minimum absolute atomic E-state index is 1.26. The Morgan fingerprint density at radius 1 is 0.200 bits per heavy atom. The number of nitrogens with one attached hydrogen (secondary N) is 1. The molecule has 0 aliphatic rings. The fourth-order valence-corrected chi connectivity index (χ4v) is 14.8. The summed E-state index contributed by atoms with van der Waals surface area (Å²) in [5.74, 6) is -102. The molecule has 1 unspecified atom stereocenters. The van der Waals surface area contributed by atoms with Crippen molar-refractivity contribution in [3.8, 4) is 0 Å². The molecule has 0 saturated heterocycles. The van der Waals surface area contributed by atoms with Crippen LogP contribution in [0.1, 0.15) is 206 Å². The average molecular weight is 1590 g/mol. The van der Waals surface area contributed by atoms with Gasteiger partial charge in [-0.15, -0.1) is 21.9 Å². The van der Waals surface area contributed by atoms with E-state index in [2.05, 4.69) is 45.2 Å². The first-order chi connectivity index (χ1) is 52.3. The maximum Gasteiger partial charge on any atom is 0.198 e. The third kappa shape index (κ3) is 17.2. The maximum absolute atomic E-state index is 17.4. The molecule has 0 fully saturated rings. The second-order valence-corrected chi connectivity index (χ2v) is 27.8. The highest BCUT2D eigenvalue weighted by molar-refractivity contribution is 7.20. The Labute approximate surface area is 615 Å². The molecule has 9 aromatic carbocycles. The van der Waals surface area contributed by atoms with Gasteiger partial charge in [0, 0.05) is 0 Å². The molecule has 110 heavy (non-hydrogen) atoms. The van der Waals surface area contributed by atoms with Crippen molar-refractivity contribution in [2.75, 3.05) is 13.6 Å². The standard InChI is InChI=1S/C40BF28.C40H75N/c42-13-1-5(25(54)37(66)33(62)21(1)50)17(46)29(58)9(13)41(10-14(43)2-6(18(47)30(10)59)26(55)38(67)34(63)22(2)51,11-15(44)3-7(19(48)31(11)60)27(56)39(68)35(64)23(3)52)12-16(45)4-8(20(49)32(12)61)28(57)40(69)36(65)24(4)53;1-4-6-8-10-12-14-16-18-19-20-21-22-23-25-27-29-31-33-39-34-36-40(37-35-39)41(3)38-32-30-28-26-24-17-15-13-11-9-7-5-2/h;34-37H,4-33,38H2,1-3H3/q-1;/p+1. The summed E-state index contributed by atoms with van der Waals surface area (Å²) in [7, 11) is 2.35. The van der Waals surface area contributed by atoms with Gasteiger partial charge in [-0.05, 0) is 43.4 Å². The van der Waals surface area contributed by atoms with Crippen molar-refractivity contribution in [3.05, 3.63) is 193 Å². The minimum atomic E-state index is -7.99. The van der Waals surface area contributed by atoms with Crippen LogP contribution in [0.3, 0.4) is 0 Å². The van der Waals surface area contributed by atoms with Crippen LogP contribution in [0.2, 0.25) is 0 Å². The van der Waals surface area contributed by atoms with E-state index in [9.17, 15) is 35.1 Å². The van der Waals surface area contributed by atoms with E-state index in [1.807, 2.05) is 0 Å². The SMILES string of the molecule is CCCCCCCCCCCCCCCCCCCc1ccc([NH+](C)CCCCCCCCCCCCCC)cc1.Fc1c(F)c(F)c2c(F)c([B-](c3c(F)c(F)c4c(F)c(F)c(F)c(F)c4c3F)(c3c(F)c(F)c4c(F)c(F)c(F)c(F)c4c3F)c3c(F)c(F)c4c(F)c(F)c(F)c(F)c4c3F)c(F)c(F)c2c1F. The van der Waals surface area contributed by atoms with Gasteiger partial charge in [-0.3, -0.25) is 0 Å². The Morgan fingerprint density at radius 2 is 0.373 bits per heavy atom. The Hall–Kier alpha value is -7.92. The minimum Gasteiger partial charge on any atom is -0.305 e. The van der Waals surface area contributed by atoms with Gasteiger partial charge >= 0.3 is 0 Å². The number of rotatable bonds is 36. The molecule has 0 aromatic heterocycles. The van der Waals surface area contributed by atoms with Crippen molar-refractivity contribution < 1.29 is 128 Å². The molecule has 0 aliphatic carbocycles. The molecule has 9 rings (SSSR count). The zero-order chi connectivity index (χ0) is 81.1. The van der Waals surface area contributed by atoms with E-state index < -0.39 is 234 Å². The lowest BCUT2D eigenvalue weighted by atomic mass is 9.12. The lowest BCUT2D eigenvalue weighted by Gasteiger charge is -2.45. The third-order valence-corrected chi connectivity index (χ3v) is 20.6. The molecule has 1 atom stereocenters. The summed E-state index contributed by atoms with van der Waals surface area (Å²) in [5, 5.41) is -25.0. The highest BCUT2D eigenvalue weighted by Gasteiger charge is 2.53. The molecule has 0 spiro atoms. The van der Waals surface area contributed by atoms with Crippen LogP contribution in [-0.4, -0.2) is 19.7 Å². The number of halogens is 28. The lowest BCUT2D eigenvalue weighted by molar-refractivity contribution is -0.810. The van der Waals surface area contributed by atoms with E-state index in [0.29, 0.717) is 0 Å². The van der Waals surface area contributed by atoms with Gasteiger partial charge in [0.05, 0.1) is 56.7 Å². The Kier molecular flexibility index (Phi) is 30.7. The molecular formula is C80H76BF28N. The first kappa shape index (κ1) is 87.7. The number of unbranched alkanes of at least 4 members (excludes halogenated alkanes) is 27. The average Bonchev–Trinajstić information content (AvgIpc) is 0.668. The van der Waals surface area contributed by atoms with Crippen LogP contribution < -0.4 is 26.8 Å². The largest absolute Gasteiger partial charge is 0.305 e. The molecular weight excluding hydrogens is 1520 g/mol. The Bertz CT molecular complexity index is 4340. The van der Waals surface area contributed by atoms with Crippen LogP contribution >= 0.6 is 0 Å². The zero-order valence-electron chi connectivity index (χ0n) is 59.9. The molecule has 0 bridgehead atoms. The number of quaternary nitrogens is 1. The first-order valence-corrected chi connectivity index (χ1v) is 36.6. The van der Waals surface area contributed by atoms with Gasteiger partial charge in [-0.2, -0.15) is 0 Å². The molecule has 0 saturated carbocycles. The monoisotopic (exact) mass is 1590 g/mol. The summed E-state index contributed by atoms with van der Waals surface area (Å²) in [4.78, 5) is 1.58. The maximum atomic E-state index is 17.4. The van der Waals surface area contributed by atoms with Crippen LogP contribution in [0.4, 0.5) is 129 Å². The molecule has 1 nitrogen and oxygen atoms in total. The van der Waals surface area contributed by atoms with Gasteiger partial charge in [-0.1, -0.05) is 193 Å². The zero-order valence-corrected chi connectivity index (χ0v) is 59.9. The van der Waals surface area contributed by atoms with Crippen molar-refractivity contribution in [1.29, 1.82) is 0 Å². The second-order valence-electron chi connectivity index (χ2n) is 27.8. The quantitative estimate of drug-likeness (QED) is 0.0131. The van der Waals surface area contributed by atoms with Crippen molar-refractivity contribution in [2.24, 2.45) is 0 Å². The van der Waals surface area contributed by atoms with Crippen LogP contribution in [0.15, 0.2) is 24.3 Å². The van der Waals surface area contributed by atoms with Crippen LogP contribution in [0.5, 0.6) is 0 Å². The van der Waals surface area contributed by atoms with E-state index in [4.69, 9.17) is 0 Å². The topological polar surface area (TPSA) is 4.44 Å². The molecule has 1 N–H and O–H groups in total. The predicted octanol–water partition coefficient (Wildman–Crippen LogP) is 24.3. The third-order valence-electron chi connectivity index (χ3n) is 20.6. The molecule has 9 aromatic rings. The molecule has 0 aliphatic heterocycles. The highest BCUT2D eigenvalue weighted by Crippen LogP contribution is 2.42. The van der Waals surface area contributed by atoms with E-state index in [1.54, 1.807) is 4.90 Å². The number of hydrogen-bond donors (Lipinski definition) is 1. The molecule has 0 heterocycles. The van der Waals surface area contributed by atoms with Gasteiger partial charge in [0.1, 0.15) is 58.4 Å². The van der Waals surface area contributed by atoms with Crippen LogP contribution in [-0.2, 0) is 6.42 Å². The summed E-state index contributed by atoms with van der Waals surface area (Å²) < 4.78 is 442. The normalized spacial score (nSPS) is 12.3. The number of benzene rings is 9. The van der Waals surface area contributed by atoms with E-state index in [1.165, 1.54) is 210 Å². The molecule has 0 radical (unpaired) electrons. The van der Waals surface area contributed by atoms with Gasteiger partial charge in [0.15, 0.2) is 116 Å². The van der Waals surface area contributed by atoms with Crippen molar-refractivity contribution in [1.82, 2.24) is 0 Å². The summed E-state index contributed by atoms with van der Waals surface area (Å²) in [5.41, 5.74) is -12.9. The Morgan fingerprint density at radius 3 is 0.582 bits per heavy atom. The lowest BCUT2D eigenvalue weighted by Crippen LogP contribution is -3.03. The summed E-state index contributed by atoms with van der Waals surface area (Å²) in [6.07, 6.45) is 35.1. The molecule has 600 valence electrons. The molecule has 0 amide bonds. The second kappa shape index (κ2) is 38.5. The predicted molar refractivity (Wildman–Crippen MR) is 366 cm³/mol. The smallest absolute Gasteiger partial charge is 0.198 e. The summed E-state index contributed by atoms with van der Waals surface area (Å²) >= 11 is 0. The van der Waals surface area contributed by atoms with Gasteiger partial charge in [0.2, 0.25) is 0 Å². The summed E-state index contributed by atoms with van der Waals surface area (Å²) in [6.45, 7) is 5.88. The van der Waals surface area contributed by atoms with E-state index in [0.717, 1.165) is 0 Å². The fourth-order valence-electron chi connectivity index (χ4n) is 14.8. The van der Waals surface area contributed by atoms with Gasteiger partial charge < -0.3 is 4.90 Å². The van der Waals surface area contributed by atoms with Crippen molar-refractivity contribution in [2.45, 2.75) is 206 Å². The summed E-state index contributed by atoms with van der Waals surface area (Å²) in [6, 6.07) is 9.57. The number of hydrogen-bond acceptors (Lipinski definition) is 0. The first-order valence-electron chi connectivity index (χ1n) is 36.6. The number of fused-ring (bicyclic) bond motifs is 4. The Balaban J connectivity index is 0.000000318. The molecule has 30 heteroatoms. The van der Waals surface area contributed by atoms with Crippen molar-refractivity contribution >= 4 is 76.8 Å². The van der Waals surface area contributed by atoms with Crippen molar-refractivity contribution in [3.63, 3.8) is 0 Å². The number of aryl methyl sites for hydroxylation is 1. The fraction of sp³-hybridized carbons (Fsp3) is 0.425. The van der Waals surface area contributed by atoms with Gasteiger partial charge in [0.25, 0.3) is 0 Å². The van der Waals surface area contributed by atoms with Crippen LogP contribution in [0, 0.1) is 163 Å². The van der Waals surface area contributed by atoms with E-state index >= 15 is 87.8 Å².